The van der Waals surface area contributed by atoms with Gasteiger partial charge in [0.1, 0.15) is 11.5 Å². The molecule has 3 aromatic carbocycles. The van der Waals surface area contributed by atoms with E-state index < -0.39 is 0 Å². The average molecular weight is 472 g/mol. The van der Waals surface area contributed by atoms with Crippen LogP contribution >= 0.6 is 0 Å². The molecule has 35 heavy (non-hydrogen) atoms. The summed E-state index contributed by atoms with van der Waals surface area (Å²) < 4.78 is 12.2. The monoisotopic (exact) mass is 471 g/mol. The van der Waals surface area contributed by atoms with Crippen molar-refractivity contribution in [3.05, 3.63) is 95.6 Å². The van der Waals surface area contributed by atoms with Gasteiger partial charge in [0, 0.05) is 30.6 Å². The first-order valence-corrected chi connectivity index (χ1v) is 11.4. The van der Waals surface area contributed by atoms with Gasteiger partial charge in [-0.3, -0.25) is 4.79 Å². The van der Waals surface area contributed by atoms with E-state index in [0.29, 0.717) is 37.8 Å². The Morgan fingerprint density at radius 3 is 2.00 bits per heavy atom. The normalized spacial score (nSPS) is 10.6. The lowest BCUT2D eigenvalue weighted by atomic mass is 10.1. The first-order chi connectivity index (χ1) is 17.2. The largest absolute Gasteiger partial charge is 0.496 e. The van der Waals surface area contributed by atoms with Crippen LogP contribution < -0.4 is 20.1 Å². The third kappa shape index (κ3) is 6.17. The maximum Gasteiger partial charge on any atom is 0.250 e. The minimum absolute atomic E-state index is 0.144. The molecule has 0 spiro atoms. The van der Waals surface area contributed by atoms with Crippen molar-refractivity contribution in [1.29, 1.82) is 0 Å². The van der Waals surface area contributed by atoms with Gasteiger partial charge in [-0.2, -0.15) is 9.67 Å². The number of hydrogen-bond acceptors (Lipinski definition) is 7. The maximum atomic E-state index is 13.1. The molecule has 0 radical (unpaired) electrons. The second-order valence-electron chi connectivity index (χ2n) is 7.88. The molecule has 1 heterocycles. The zero-order chi connectivity index (χ0) is 24.5. The number of aromatic nitrogens is 3. The molecule has 0 aliphatic heterocycles. The van der Waals surface area contributed by atoms with E-state index in [-0.39, 0.29) is 5.91 Å². The number of nitrogens with zero attached hydrogens (tertiary/aromatic N) is 3. The number of rotatable bonds is 11. The zero-order valence-electron chi connectivity index (χ0n) is 19.9. The minimum atomic E-state index is -0.144. The highest BCUT2D eigenvalue weighted by molar-refractivity contribution is 5.81. The Morgan fingerprint density at radius 1 is 0.800 bits per heavy atom. The van der Waals surface area contributed by atoms with Crippen LogP contribution in [0.2, 0.25) is 0 Å². The highest BCUT2D eigenvalue weighted by atomic mass is 16.5. The first-order valence-electron chi connectivity index (χ1n) is 11.4. The summed E-state index contributed by atoms with van der Waals surface area (Å²) in [5, 5.41) is 10.9. The third-order valence-electron chi connectivity index (χ3n) is 5.57. The standard InChI is InChI=1S/C27H29N5O3/c1-34-23-14-8-6-12-21(23)18-28-26-30-27(29-19-22-13-7-9-15-24(22)35-2)32(31-26)25(33)17-16-20-10-4-3-5-11-20/h3-15H,16-19H2,1-2H3,(H2,28,29,30,31). The minimum Gasteiger partial charge on any atom is -0.496 e. The molecule has 0 aliphatic rings. The number of carbonyl (C=O) groups excluding carboxylic acids is 1. The SMILES string of the molecule is COc1ccccc1CNc1nc(NCc2ccccc2OC)n(C(=O)CCc2ccccc2)n1. The molecular weight excluding hydrogens is 442 g/mol. The van der Waals surface area contributed by atoms with Gasteiger partial charge in [-0.1, -0.05) is 66.7 Å². The predicted octanol–water partition coefficient (Wildman–Crippen LogP) is 4.79. The average Bonchev–Trinajstić information content (AvgIpc) is 3.33. The second-order valence-corrected chi connectivity index (χ2v) is 7.88. The molecule has 0 saturated heterocycles. The van der Waals surface area contributed by atoms with E-state index in [2.05, 4.69) is 20.7 Å². The summed E-state index contributed by atoms with van der Waals surface area (Å²) in [7, 11) is 3.27. The van der Waals surface area contributed by atoms with E-state index in [1.807, 2.05) is 78.9 Å². The highest BCUT2D eigenvalue weighted by Gasteiger charge is 2.17. The van der Waals surface area contributed by atoms with Crippen molar-refractivity contribution >= 4 is 17.8 Å². The Labute approximate surface area is 204 Å². The lowest BCUT2D eigenvalue weighted by Gasteiger charge is -2.10. The fraction of sp³-hybridized carbons (Fsp3) is 0.222. The van der Waals surface area contributed by atoms with Crippen LogP contribution in [0.25, 0.3) is 0 Å². The number of benzene rings is 3. The summed E-state index contributed by atoms with van der Waals surface area (Å²) >= 11 is 0. The number of hydrogen-bond donors (Lipinski definition) is 2. The quantitative estimate of drug-likeness (QED) is 0.325. The number of para-hydroxylation sites is 2. The van der Waals surface area contributed by atoms with Gasteiger partial charge in [0.2, 0.25) is 17.8 Å². The van der Waals surface area contributed by atoms with E-state index in [1.54, 1.807) is 14.2 Å². The van der Waals surface area contributed by atoms with Crippen LogP contribution in [0.15, 0.2) is 78.9 Å². The fourth-order valence-electron chi connectivity index (χ4n) is 3.72. The van der Waals surface area contributed by atoms with E-state index in [0.717, 1.165) is 28.2 Å². The molecule has 0 bridgehead atoms. The Balaban J connectivity index is 1.52. The number of methoxy groups -OCH3 is 2. The molecule has 0 unspecified atom stereocenters. The van der Waals surface area contributed by atoms with Gasteiger partial charge in [-0.05, 0) is 24.1 Å². The highest BCUT2D eigenvalue weighted by Crippen LogP contribution is 2.21. The van der Waals surface area contributed by atoms with Crippen LogP contribution in [0.5, 0.6) is 11.5 Å². The van der Waals surface area contributed by atoms with Crippen LogP contribution in [0.3, 0.4) is 0 Å². The number of nitrogens with one attached hydrogen (secondary N) is 2. The molecular formula is C27H29N5O3. The van der Waals surface area contributed by atoms with Crippen molar-refractivity contribution in [2.24, 2.45) is 0 Å². The summed E-state index contributed by atoms with van der Waals surface area (Å²) in [6, 6.07) is 25.4. The number of aryl methyl sites for hydroxylation is 1. The third-order valence-corrected chi connectivity index (χ3v) is 5.57. The van der Waals surface area contributed by atoms with E-state index in [9.17, 15) is 4.79 Å². The molecule has 0 saturated carbocycles. The number of ether oxygens (including phenoxy) is 2. The van der Waals surface area contributed by atoms with Crippen LogP contribution in [-0.4, -0.2) is 34.9 Å². The van der Waals surface area contributed by atoms with Crippen LogP contribution in [0.1, 0.15) is 27.9 Å². The first kappa shape index (κ1) is 23.8. The molecule has 0 atom stereocenters. The fourth-order valence-corrected chi connectivity index (χ4v) is 3.72. The van der Waals surface area contributed by atoms with Gasteiger partial charge in [-0.25, -0.2) is 0 Å². The summed E-state index contributed by atoms with van der Waals surface area (Å²) in [5.41, 5.74) is 3.01. The van der Waals surface area contributed by atoms with E-state index in [1.165, 1.54) is 4.68 Å². The van der Waals surface area contributed by atoms with Crippen molar-refractivity contribution in [3.8, 4) is 11.5 Å². The van der Waals surface area contributed by atoms with E-state index >= 15 is 0 Å². The Bertz CT molecular complexity index is 1260. The van der Waals surface area contributed by atoms with Gasteiger partial charge >= 0.3 is 0 Å². The zero-order valence-corrected chi connectivity index (χ0v) is 19.9. The summed E-state index contributed by atoms with van der Waals surface area (Å²) in [4.78, 5) is 17.7. The molecule has 1 aromatic heterocycles. The van der Waals surface area contributed by atoms with Crippen LogP contribution in [-0.2, 0) is 19.5 Å². The van der Waals surface area contributed by atoms with Crippen molar-refractivity contribution in [2.45, 2.75) is 25.9 Å². The summed E-state index contributed by atoms with van der Waals surface area (Å²) in [5.74, 6) is 2.11. The predicted molar refractivity (Wildman–Crippen MR) is 136 cm³/mol. The maximum absolute atomic E-state index is 13.1. The molecule has 8 heteroatoms. The molecule has 0 aliphatic carbocycles. The molecule has 4 aromatic rings. The molecule has 0 amide bonds. The Kier molecular flexibility index (Phi) is 7.96. The summed E-state index contributed by atoms with van der Waals surface area (Å²) in [6.45, 7) is 0.888. The van der Waals surface area contributed by atoms with Gasteiger partial charge < -0.3 is 20.1 Å². The lowest BCUT2D eigenvalue weighted by molar-refractivity contribution is 0.0890. The molecule has 0 fully saturated rings. The van der Waals surface area contributed by atoms with Gasteiger partial charge in [-0.15, -0.1) is 5.10 Å². The second kappa shape index (κ2) is 11.7. The van der Waals surface area contributed by atoms with Crippen LogP contribution in [0.4, 0.5) is 11.9 Å². The lowest BCUT2D eigenvalue weighted by Crippen LogP contribution is -2.17. The molecule has 180 valence electrons. The van der Waals surface area contributed by atoms with Gasteiger partial charge in [0.05, 0.1) is 14.2 Å². The smallest absolute Gasteiger partial charge is 0.250 e. The van der Waals surface area contributed by atoms with Crippen molar-refractivity contribution in [3.63, 3.8) is 0 Å². The molecule has 2 N–H and O–H groups in total. The van der Waals surface area contributed by atoms with Crippen molar-refractivity contribution < 1.29 is 14.3 Å². The van der Waals surface area contributed by atoms with Crippen molar-refractivity contribution in [2.75, 3.05) is 24.9 Å². The Hall–Kier alpha value is -4.33. The van der Waals surface area contributed by atoms with Crippen molar-refractivity contribution in [1.82, 2.24) is 14.8 Å². The number of carbonyl (C=O) groups is 1. The van der Waals surface area contributed by atoms with Crippen LogP contribution in [0, 0.1) is 0 Å². The Morgan fingerprint density at radius 2 is 1.37 bits per heavy atom. The molecule has 8 nitrogen and oxygen atoms in total. The molecule has 4 rings (SSSR count). The summed E-state index contributed by atoms with van der Waals surface area (Å²) in [6.07, 6.45) is 0.929. The van der Waals surface area contributed by atoms with Gasteiger partial charge in [0.15, 0.2) is 0 Å². The van der Waals surface area contributed by atoms with Gasteiger partial charge in [0.25, 0.3) is 0 Å². The van der Waals surface area contributed by atoms with E-state index in [4.69, 9.17) is 9.47 Å². The number of anilines is 2. The topological polar surface area (TPSA) is 90.3 Å².